The van der Waals surface area contributed by atoms with Crippen LogP contribution in [0.4, 0.5) is 15.3 Å². The van der Waals surface area contributed by atoms with E-state index in [9.17, 15) is 14.4 Å². The Kier molecular flexibility index (Phi) is 4.42. The van der Waals surface area contributed by atoms with E-state index in [1.54, 1.807) is 0 Å². The number of amides is 5. The van der Waals surface area contributed by atoms with Gasteiger partial charge < -0.3 is 20.9 Å². The number of nitrogens with one attached hydrogen (secondary N) is 4. The lowest BCUT2D eigenvalue weighted by Gasteiger charge is -2.19. The van der Waals surface area contributed by atoms with Gasteiger partial charge in [-0.1, -0.05) is 12.1 Å². The quantitative estimate of drug-likeness (QED) is 0.412. The molecule has 10 nitrogen and oxygen atoms in total. The summed E-state index contributed by atoms with van der Waals surface area (Å²) in [5.41, 5.74) is 4.26. The van der Waals surface area contributed by atoms with Gasteiger partial charge in [0.15, 0.2) is 0 Å². The minimum Gasteiger partial charge on any atom is -0.378 e. The van der Waals surface area contributed by atoms with Crippen molar-refractivity contribution in [1.82, 2.24) is 26.3 Å². The van der Waals surface area contributed by atoms with Gasteiger partial charge in [-0.2, -0.15) is 5.10 Å². The standard InChI is InChI=1S/C15H19N7O3/c1-21(2)10-5-3-9(4-6-10)7-16-20-11(23)8-22-13-12(18-15(22)25)17-14(24)19-13/h3-7,12-13H,8H2,1-2H3,(H,18,25)(H,20,23)(H2,17,19,24). The fourth-order valence-electron chi connectivity index (χ4n) is 2.59. The molecule has 2 unspecified atom stereocenters. The van der Waals surface area contributed by atoms with Crippen molar-refractivity contribution in [3.05, 3.63) is 29.8 Å². The highest BCUT2D eigenvalue weighted by atomic mass is 16.2. The van der Waals surface area contributed by atoms with E-state index in [2.05, 4.69) is 26.5 Å². The van der Waals surface area contributed by atoms with Crippen molar-refractivity contribution in [2.45, 2.75) is 12.3 Å². The maximum atomic E-state index is 12.0. The van der Waals surface area contributed by atoms with Crippen molar-refractivity contribution in [2.75, 3.05) is 25.5 Å². The molecule has 3 rings (SSSR count). The SMILES string of the molecule is CN(C)c1ccc(C=NNC(=O)CN2C(=O)NC3NC(=O)NC32)cc1. The topological polar surface area (TPSA) is 118 Å². The van der Waals surface area contributed by atoms with Crippen LogP contribution in [0.15, 0.2) is 29.4 Å². The van der Waals surface area contributed by atoms with Gasteiger partial charge in [-0.3, -0.25) is 9.69 Å². The Balaban J connectivity index is 1.52. The number of hydrazone groups is 1. The fraction of sp³-hybridized carbons (Fsp3) is 0.333. The van der Waals surface area contributed by atoms with E-state index in [0.29, 0.717) is 0 Å². The van der Waals surface area contributed by atoms with E-state index in [-0.39, 0.29) is 12.6 Å². The van der Waals surface area contributed by atoms with Crippen LogP contribution < -0.4 is 26.3 Å². The minimum atomic E-state index is -0.590. The van der Waals surface area contributed by atoms with Gasteiger partial charge in [-0.05, 0) is 17.7 Å². The highest BCUT2D eigenvalue weighted by Crippen LogP contribution is 2.13. The summed E-state index contributed by atoms with van der Waals surface area (Å²) in [7, 11) is 3.90. The van der Waals surface area contributed by atoms with Crippen LogP contribution in [0.1, 0.15) is 5.56 Å². The van der Waals surface area contributed by atoms with Crippen LogP contribution in [0.3, 0.4) is 0 Å². The van der Waals surface area contributed by atoms with Crippen LogP contribution in [0.5, 0.6) is 0 Å². The molecule has 2 aliphatic rings. The summed E-state index contributed by atoms with van der Waals surface area (Å²) < 4.78 is 0. The second-order valence-electron chi connectivity index (χ2n) is 5.90. The molecule has 0 aromatic heterocycles. The van der Waals surface area contributed by atoms with Crippen LogP contribution in [-0.4, -0.2) is 62.1 Å². The third-order valence-corrected chi connectivity index (χ3v) is 3.88. The number of hydrogen-bond acceptors (Lipinski definition) is 5. The molecule has 2 atom stereocenters. The Labute approximate surface area is 144 Å². The number of benzene rings is 1. The summed E-state index contributed by atoms with van der Waals surface area (Å²) in [6, 6.07) is 6.81. The summed E-state index contributed by atoms with van der Waals surface area (Å²) in [6.07, 6.45) is 0.392. The second kappa shape index (κ2) is 6.67. The highest BCUT2D eigenvalue weighted by molar-refractivity contribution is 5.89. The van der Waals surface area contributed by atoms with Gasteiger partial charge in [0.2, 0.25) is 0 Å². The highest BCUT2D eigenvalue weighted by Gasteiger charge is 2.45. The fourth-order valence-corrected chi connectivity index (χ4v) is 2.59. The van der Waals surface area contributed by atoms with Crippen molar-refractivity contribution >= 4 is 29.9 Å². The molecule has 0 aliphatic carbocycles. The van der Waals surface area contributed by atoms with Crippen LogP contribution in [0.25, 0.3) is 0 Å². The van der Waals surface area contributed by atoms with E-state index in [0.717, 1.165) is 11.3 Å². The zero-order valence-corrected chi connectivity index (χ0v) is 13.8. The molecule has 25 heavy (non-hydrogen) atoms. The predicted molar refractivity (Wildman–Crippen MR) is 91.0 cm³/mol. The largest absolute Gasteiger partial charge is 0.378 e. The maximum absolute atomic E-state index is 12.0. The zero-order chi connectivity index (χ0) is 18.0. The normalized spacial score (nSPS) is 21.6. The van der Waals surface area contributed by atoms with Crippen LogP contribution >= 0.6 is 0 Å². The molecule has 10 heteroatoms. The van der Waals surface area contributed by atoms with Gasteiger partial charge in [0.25, 0.3) is 5.91 Å². The van der Waals surface area contributed by atoms with Crippen LogP contribution in [0.2, 0.25) is 0 Å². The number of nitrogens with zero attached hydrogens (tertiary/aromatic N) is 3. The molecular weight excluding hydrogens is 326 g/mol. The molecular formula is C15H19N7O3. The molecule has 0 spiro atoms. The Morgan fingerprint density at radius 1 is 1.24 bits per heavy atom. The van der Waals surface area contributed by atoms with Gasteiger partial charge in [-0.25, -0.2) is 15.0 Å². The van der Waals surface area contributed by atoms with E-state index >= 15 is 0 Å². The van der Waals surface area contributed by atoms with Crippen LogP contribution in [0, 0.1) is 0 Å². The van der Waals surface area contributed by atoms with Crippen molar-refractivity contribution in [3.63, 3.8) is 0 Å². The third kappa shape index (κ3) is 3.62. The van der Waals surface area contributed by atoms with Crippen molar-refractivity contribution < 1.29 is 14.4 Å². The third-order valence-electron chi connectivity index (χ3n) is 3.88. The summed E-state index contributed by atoms with van der Waals surface area (Å²) in [5.74, 6) is -0.460. The lowest BCUT2D eigenvalue weighted by Crippen LogP contribution is -2.47. The molecule has 4 N–H and O–H groups in total. The summed E-state index contributed by atoms with van der Waals surface area (Å²) in [4.78, 5) is 38.3. The number of rotatable bonds is 5. The van der Waals surface area contributed by atoms with Crippen LogP contribution in [-0.2, 0) is 4.79 Å². The van der Waals surface area contributed by atoms with Gasteiger partial charge in [0, 0.05) is 19.8 Å². The molecule has 2 aliphatic heterocycles. The number of carbonyl (C=O) groups excluding carboxylic acids is 3. The first kappa shape index (κ1) is 16.6. The molecule has 132 valence electrons. The molecule has 1 aromatic carbocycles. The molecule has 1 aromatic rings. The lowest BCUT2D eigenvalue weighted by molar-refractivity contribution is -0.121. The molecule has 0 bridgehead atoms. The first-order valence-electron chi connectivity index (χ1n) is 7.67. The summed E-state index contributed by atoms with van der Waals surface area (Å²) in [5, 5.41) is 11.6. The summed E-state index contributed by atoms with van der Waals surface area (Å²) in [6.45, 7) is -0.216. The summed E-state index contributed by atoms with van der Waals surface area (Å²) >= 11 is 0. The zero-order valence-electron chi connectivity index (χ0n) is 13.8. The average Bonchev–Trinajstić information content (AvgIpc) is 3.05. The number of carbonyl (C=O) groups is 3. The van der Waals surface area contributed by atoms with E-state index in [1.807, 2.05) is 43.3 Å². The van der Waals surface area contributed by atoms with E-state index in [4.69, 9.17) is 0 Å². The smallest absolute Gasteiger partial charge is 0.321 e. The van der Waals surface area contributed by atoms with Crippen molar-refractivity contribution in [3.8, 4) is 0 Å². The lowest BCUT2D eigenvalue weighted by atomic mass is 10.2. The minimum absolute atomic E-state index is 0.216. The first-order valence-corrected chi connectivity index (χ1v) is 7.67. The van der Waals surface area contributed by atoms with Gasteiger partial charge in [0.1, 0.15) is 18.9 Å². The maximum Gasteiger partial charge on any atom is 0.321 e. The number of hydrogen-bond donors (Lipinski definition) is 4. The Bertz CT molecular complexity index is 716. The first-order chi connectivity index (χ1) is 11.9. The molecule has 0 saturated carbocycles. The van der Waals surface area contributed by atoms with Gasteiger partial charge >= 0.3 is 12.1 Å². The number of anilines is 1. The number of fused-ring (bicyclic) bond motifs is 1. The molecule has 5 amide bonds. The van der Waals surface area contributed by atoms with E-state index < -0.39 is 24.3 Å². The van der Waals surface area contributed by atoms with Crippen molar-refractivity contribution in [1.29, 1.82) is 0 Å². The number of urea groups is 2. The Morgan fingerprint density at radius 2 is 1.96 bits per heavy atom. The average molecular weight is 345 g/mol. The van der Waals surface area contributed by atoms with Crippen molar-refractivity contribution in [2.24, 2.45) is 5.10 Å². The van der Waals surface area contributed by atoms with Gasteiger partial charge in [0.05, 0.1) is 6.21 Å². The van der Waals surface area contributed by atoms with Gasteiger partial charge in [-0.15, -0.1) is 0 Å². The molecule has 2 fully saturated rings. The van der Waals surface area contributed by atoms with E-state index in [1.165, 1.54) is 11.1 Å². The predicted octanol–water partition coefficient (Wildman–Crippen LogP) is -0.807. The molecule has 2 saturated heterocycles. The second-order valence-corrected chi connectivity index (χ2v) is 5.90. The molecule has 0 radical (unpaired) electrons. The monoisotopic (exact) mass is 345 g/mol. The Morgan fingerprint density at radius 3 is 2.64 bits per heavy atom. The molecule has 2 heterocycles. The Hall–Kier alpha value is -3.30.